The third kappa shape index (κ3) is 5.77. The van der Waals surface area contributed by atoms with Crippen molar-refractivity contribution in [3.05, 3.63) is 28.7 Å². The lowest BCUT2D eigenvalue weighted by Crippen LogP contribution is -2.22. The van der Waals surface area contributed by atoms with Crippen LogP contribution in [-0.4, -0.2) is 31.4 Å². The van der Waals surface area contributed by atoms with E-state index in [0.717, 1.165) is 29.7 Å². The van der Waals surface area contributed by atoms with Gasteiger partial charge >= 0.3 is 0 Å². The second-order valence-electron chi connectivity index (χ2n) is 3.13. The molecule has 4 heteroatoms. The van der Waals surface area contributed by atoms with Gasteiger partial charge in [-0.1, -0.05) is 22.0 Å². The maximum atomic E-state index is 8.55. The van der Waals surface area contributed by atoms with E-state index in [9.17, 15) is 0 Å². The molecule has 0 atom stereocenters. The Labute approximate surface area is 98.6 Å². The number of ether oxygens (including phenoxy) is 1. The maximum Gasteiger partial charge on any atom is 0.120 e. The van der Waals surface area contributed by atoms with Crippen molar-refractivity contribution in [1.29, 1.82) is 0 Å². The van der Waals surface area contributed by atoms with Gasteiger partial charge in [0, 0.05) is 17.6 Å². The Balaban J connectivity index is 2.10. The molecule has 0 unspecified atom stereocenters. The van der Waals surface area contributed by atoms with E-state index in [2.05, 4.69) is 21.2 Å². The van der Waals surface area contributed by atoms with Gasteiger partial charge in [0.2, 0.25) is 0 Å². The summed E-state index contributed by atoms with van der Waals surface area (Å²) in [6.07, 6.45) is 0.789. The Hall–Kier alpha value is -0.580. The number of aliphatic hydroxyl groups excluding tert-OH is 1. The van der Waals surface area contributed by atoms with Crippen LogP contribution in [0.1, 0.15) is 6.42 Å². The molecule has 1 aromatic rings. The molecule has 15 heavy (non-hydrogen) atoms. The van der Waals surface area contributed by atoms with Crippen molar-refractivity contribution in [1.82, 2.24) is 5.32 Å². The minimum absolute atomic E-state index is 0.236. The fourth-order valence-corrected chi connectivity index (χ4v) is 1.51. The molecule has 0 heterocycles. The zero-order chi connectivity index (χ0) is 10.9. The monoisotopic (exact) mass is 273 g/mol. The molecule has 0 aliphatic carbocycles. The average molecular weight is 274 g/mol. The molecule has 0 aliphatic rings. The lowest BCUT2D eigenvalue weighted by molar-refractivity contribution is 0.279. The lowest BCUT2D eigenvalue weighted by Gasteiger charge is -2.07. The Morgan fingerprint density at radius 2 is 2.20 bits per heavy atom. The van der Waals surface area contributed by atoms with Gasteiger partial charge < -0.3 is 15.2 Å². The third-order valence-electron chi connectivity index (χ3n) is 1.86. The van der Waals surface area contributed by atoms with Gasteiger partial charge in [-0.2, -0.15) is 0 Å². The molecule has 0 spiro atoms. The van der Waals surface area contributed by atoms with E-state index in [-0.39, 0.29) is 6.61 Å². The fraction of sp³-hybridized carbons (Fsp3) is 0.455. The first-order valence-electron chi connectivity index (χ1n) is 5.03. The average Bonchev–Trinajstić information content (AvgIpc) is 2.23. The maximum absolute atomic E-state index is 8.55. The summed E-state index contributed by atoms with van der Waals surface area (Å²) >= 11 is 3.38. The summed E-state index contributed by atoms with van der Waals surface area (Å²) in [4.78, 5) is 0. The molecular formula is C11H16BrNO2. The van der Waals surface area contributed by atoms with Gasteiger partial charge in [-0.25, -0.2) is 0 Å². The second-order valence-corrected chi connectivity index (χ2v) is 4.05. The number of halogens is 1. The number of rotatable bonds is 7. The first kappa shape index (κ1) is 12.5. The molecule has 84 valence electrons. The van der Waals surface area contributed by atoms with Gasteiger partial charge in [0.1, 0.15) is 12.4 Å². The molecule has 0 bridgehead atoms. The quantitative estimate of drug-likeness (QED) is 0.745. The van der Waals surface area contributed by atoms with Crippen molar-refractivity contribution in [2.24, 2.45) is 0 Å². The summed E-state index contributed by atoms with van der Waals surface area (Å²) in [6.45, 7) is 2.51. The molecule has 0 amide bonds. The molecule has 0 aliphatic heterocycles. The largest absolute Gasteiger partial charge is 0.492 e. The van der Waals surface area contributed by atoms with Gasteiger partial charge in [-0.3, -0.25) is 0 Å². The molecule has 0 saturated carbocycles. The highest BCUT2D eigenvalue weighted by atomic mass is 79.9. The van der Waals surface area contributed by atoms with Gasteiger partial charge in [-0.05, 0) is 31.2 Å². The predicted octanol–water partition coefficient (Wildman–Crippen LogP) is 1.80. The third-order valence-corrected chi connectivity index (χ3v) is 2.35. The number of hydrogen-bond donors (Lipinski definition) is 2. The van der Waals surface area contributed by atoms with Crippen molar-refractivity contribution in [3.63, 3.8) is 0 Å². The molecule has 0 aromatic heterocycles. The van der Waals surface area contributed by atoms with E-state index in [4.69, 9.17) is 9.84 Å². The second kappa shape index (κ2) is 7.68. The Bertz CT molecular complexity index is 281. The van der Waals surface area contributed by atoms with Crippen molar-refractivity contribution >= 4 is 15.9 Å². The highest BCUT2D eigenvalue weighted by Crippen LogP contribution is 2.17. The number of hydrogen-bond acceptors (Lipinski definition) is 3. The van der Waals surface area contributed by atoms with Gasteiger partial charge in [0.05, 0.1) is 0 Å². The van der Waals surface area contributed by atoms with Crippen LogP contribution in [-0.2, 0) is 0 Å². The normalized spacial score (nSPS) is 10.3. The van der Waals surface area contributed by atoms with Crippen LogP contribution in [0.15, 0.2) is 28.7 Å². The molecule has 1 rings (SSSR count). The van der Waals surface area contributed by atoms with E-state index in [1.165, 1.54) is 0 Å². The molecule has 3 nitrogen and oxygen atoms in total. The smallest absolute Gasteiger partial charge is 0.120 e. The predicted molar refractivity (Wildman–Crippen MR) is 64.2 cm³/mol. The molecule has 0 radical (unpaired) electrons. The van der Waals surface area contributed by atoms with Crippen LogP contribution >= 0.6 is 15.9 Å². The Morgan fingerprint density at radius 3 is 2.93 bits per heavy atom. The summed E-state index contributed by atoms with van der Waals surface area (Å²) < 4.78 is 6.53. The summed E-state index contributed by atoms with van der Waals surface area (Å²) in [5, 5.41) is 11.7. The van der Waals surface area contributed by atoms with Crippen LogP contribution in [0.4, 0.5) is 0 Å². The summed E-state index contributed by atoms with van der Waals surface area (Å²) in [5.41, 5.74) is 0. The van der Waals surface area contributed by atoms with E-state index in [1.54, 1.807) is 0 Å². The topological polar surface area (TPSA) is 41.5 Å². The Morgan fingerprint density at radius 1 is 1.33 bits per heavy atom. The minimum Gasteiger partial charge on any atom is -0.492 e. The van der Waals surface area contributed by atoms with Crippen LogP contribution in [0.5, 0.6) is 5.75 Å². The standard InChI is InChI=1S/C11H16BrNO2/c12-10-3-1-4-11(9-10)15-8-6-13-5-2-7-14/h1,3-4,9,13-14H,2,5-8H2. The highest BCUT2D eigenvalue weighted by molar-refractivity contribution is 9.10. The molecule has 1 aromatic carbocycles. The number of aliphatic hydroxyl groups is 1. The van der Waals surface area contributed by atoms with Crippen LogP contribution in [0.2, 0.25) is 0 Å². The van der Waals surface area contributed by atoms with Crippen molar-refractivity contribution in [2.75, 3.05) is 26.3 Å². The van der Waals surface area contributed by atoms with Crippen LogP contribution in [0, 0.1) is 0 Å². The van der Waals surface area contributed by atoms with Gasteiger partial charge in [-0.15, -0.1) is 0 Å². The first-order valence-corrected chi connectivity index (χ1v) is 5.82. The summed E-state index contributed by atoms with van der Waals surface area (Å²) in [6, 6.07) is 7.77. The molecule has 2 N–H and O–H groups in total. The number of benzene rings is 1. The number of nitrogens with one attached hydrogen (secondary N) is 1. The van der Waals surface area contributed by atoms with Crippen LogP contribution < -0.4 is 10.1 Å². The fourth-order valence-electron chi connectivity index (χ4n) is 1.13. The summed E-state index contributed by atoms with van der Waals surface area (Å²) in [5.74, 6) is 0.869. The van der Waals surface area contributed by atoms with Crippen LogP contribution in [0.25, 0.3) is 0 Å². The van der Waals surface area contributed by atoms with E-state index >= 15 is 0 Å². The van der Waals surface area contributed by atoms with Crippen molar-refractivity contribution in [2.45, 2.75) is 6.42 Å². The lowest BCUT2D eigenvalue weighted by atomic mass is 10.3. The molecule has 0 fully saturated rings. The van der Waals surface area contributed by atoms with Gasteiger partial charge in [0.15, 0.2) is 0 Å². The SMILES string of the molecule is OCCCNCCOc1cccc(Br)c1. The van der Waals surface area contributed by atoms with E-state index in [1.807, 2.05) is 24.3 Å². The van der Waals surface area contributed by atoms with E-state index < -0.39 is 0 Å². The van der Waals surface area contributed by atoms with Crippen molar-refractivity contribution < 1.29 is 9.84 Å². The zero-order valence-corrected chi connectivity index (χ0v) is 10.2. The first-order chi connectivity index (χ1) is 7.33. The Kier molecular flexibility index (Phi) is 6.39. The zero-order valence-electron chi connectivity index (χ0n) is 8.58. The van der Waals surface area contributed by atoms with Crippen molar-refractivity contribution in [3.8, 4) is 5.75 Å². The molecule has 0 saturated heterocycles. The summed E-state index contributed by atoms with van der Waals surface area (Å²) in [7, 11) is 0. The highest BCUT2D eigenvalue weighted by Gasteiger charge is 1.93. The minimum atomic E-state index is 0.236. The molecular weight excluding hydrogens is 258 g/mol. The van der Waals surface area contributed by atoms with E-state index in [0.29, 0.717) is 6.61 Å². The van der Waals surface area contributed by atoms with Crippen LogP contribution in [0.3, 0.4) is 0 Å². The van der Waals surface area contributed by atoms with Gasteiger partial charge in [0.25, 0.3) is 0 Å².